The Bertz CT molecular complexity index is 766. The summed E-state index contributed by atoms with van der Waals surface area (Å²) in [5.74, 6) is 2.55. The highest BCUT2D eigenvalue weighted by Gasteiger charge is 2.26. The molecule has 0 atom stereocenters. The van der Waals surface area contributed by atoms with Crippen LogP contribution >= 0.6 is 0 Å². The first-order valence-electron chi connectivity index (χ1n) is 10.4. The van der Waals surface area contributed by atoms with Crippen LogP contribution in [0.2, 0.25) is 0 Å². The first kappa shape index (κ1) is 21.2. The Kier molecular flexibility index (Phi) is 7.53. The molecule has 0 radical (unpaired) electrons. The van der Waals surface area contributed by atoms with E-state index in [1.165, 1.54) is 5.56 Å². The number of nitrogens with one attached hydrogen (secondary N) is 1. The van der Waals surface area contributed by atoms with Crippen molar-refractivity contribution < 1.29 is 14.3 Å². The van der Waals surface area contributed by atoms with Gasteiger partial charge >= 0.3 is 0 Å². The van der Waals surface area contributed by atoms with E-state index in [1.54, 1.807) is 7.05 Å². The lowest BCUT2D eigenvalue weighted by Gasteiger charge is -2.39. The van der Waals surface area contributed by atoms with Crippen LogP contribution in [0.5, 0.6) is 11.5 Å². The molecule has 1 aliphatic rings. The minimum Gasteiger partial charge on any atom is -0.491 e. The number of rotatable bonds is 10. The summed E-state index contributed by atoms with van der Waals surface area (Å²) < 4.78 is 11.6. The number of carbonyl (C=O) groups excluding carboxylic acids is 1. The van der Waals surface area contributed by atoms with Gasteiger partial charge in [0, 0.05) is 33.1 Å². The lowest BCUT2D eigenvalue weighted by Crippen LogP contribution is -2.46. The summed E-state index contributed by atoms with van der Waals surface area (Å²) in [6, 6.07) is 16.4. The van der Waals surface area contributed by atoms with E-state index in [2.05, 4.69) is 22.3 Å². The molecule has 5 nitrogen and oxygen atoms in total. The summed E-state index contributed by atoms with van der Waals surface area (Å²) in [6.07, 6.45) is 1.79. The summed E-state index contributed by atoms with van der Waals surface area (Å²) in [5.41, 5.74) is 2.41. The lowest BCUT2D eigenvalue weighted by molar-refractivity contribution is -0.121. The number of likely N-dealkylation sites (tertiary alicyclic amines) is 1. The molecule has 0 bridgehead atoms. The van der Waals surface area contributed by atoms with Crippen LogP contribution in [0, 0.1) is 5.92 Å². The van der Waals surface area contributed by atoms with Crippen LogP contribution in [-0.4, -0.2) is 37.0 Å². The standard InChI is InChI=1S/C24H32N2O3/c1-18(2)29-23-11-6-20(7-12-23)17-28-22-9-4-19(5-10-22)14-26-15-21(16-26)8-13-24(27)25-3/h4-7,9-12,18,21H,8,13-17H2,1-3H3,(H,25,27). The van der Waals surface area contributed by atoms with Crippen LogP contribution in [-0.2, 0) is 17.9 Å². The number of amides is 1. The molecule has 1 heterocycles. The Hall–Kier alpha value is -2.53. The minimum atomic E-state index is 0.138. The van der Waals surface area contributed by atoms with E-state index >= 15 is 0 Å². The zero-order valence-corrected chi connectivity index (χ0v) is 17.7. The number of nitrogens with zero attached hydrogens (tertiary/aromatic N) is 1. The van der Waals surface area contributed by atoms with Gasteiger partial charge in [-0.3, -0.25) is 9.69 Å². The highest BCUT2D eigenvalue weighted by Crippen LogP contribution is 2.24. The molecular formula is C24H32N2O3. The van der Waals surface area contributed by atoms with Crippen molar-refractivity contribution in [1.29, 1.82) is 0 Å². The maximum atomic E-state index is 11.3. The van der Waals surface area contributed by atoms with Crippen molar-refractivity contribution in [3.05, 3.63) is 59.7 Å². The topological polar surface area (TPSA) is 50.8 Å². The fourth-order valence-corrected chi connectivity index (χ4v) is 3.50. The van der Waals surface area contributed by atoms with Gasteiger partial charge in [-0.15, -0.1) is 0 Å². The fraction of sp³-hybridized carbons (Fsp3) is 0.458. The second-order valence-electron chi connectivity index (χ2n) is 8.02. The van der Waals surface area contributed by atoms with Gasteiger partial charge in [0.25, 0.3) is 0 Å². The van der Waals surface area contributed by atoms with Crippen molar-refractivity contribution in [3.63, 3.8) is 0 Å². The van der Waals surface area contributed by atoms with E-state index in [0.717, 1.165) is 43.1 Å². The molecule has 3 rings (SSSR count). The Labute approximate surface area is 174 Å². The van der Waals surface area contributed by atoms with Crippen LogP contribution in [0.3, 0.4) is 0 Å². The molecule has 0 aliphatic carbocycles. The van der Waals surface area contributed by atoms with Crippen molar-refractivity contribution in [1.82, 2.24) is 10.2 Å². The largest absolute Gasteiger partial charge is 0.491 e. The third kappa shape index (κ3) is 6.79. The van der Waals surface area contributed by atoms with Gasteiger partial charge in [0.15, 0.2) is 0 Å². The summed E-state index contributed by atoms with van der Waals surface area (Å²) in [5, 5.41) is 2.68. The maximum absolute atomic E-state index is 11.3. The lowest BCUT2D eigenvalue weighted by atomic mass is 9.94. The van der Waals surface area contributed by atoms with E-state index in [0.29, 0.717) is 18.9 Å². The Morgan fingerprint density at radius 2 is 1.66 bits per heavy atom. The smallest absolute Gasteiger partial charge is 0.219 e. The average Bonchev–Trinajstić information content (AvgIpc) is 2.69. The summed E-state index contributed by atoms with van der Waals surface area (Å²) >= 11 is 0. The number of ether oxygens (including phenoxy) is 2. The Balaban J connectivity index is 1.38. The highest BCUT2D eigenvalue weighted by atomic mass is 16.5. The summed E-state index contributed by atoms with van der Waals surface area (Å²) in [4.78, 5) is 13.7. The predicted molar refractivity (Wildman–Crippen MR) is 115 cm³/mol. The van der Waals surface area contributed by atoms with Gasteiger partial charge < -0.3 is 14.8 Å². The third-order valence-electron chi connectivity index (χ3n) is 5.12. The van der Waals surface area contributed by atoms with E-state index in [9.17, 15) is 4.79 Å². The van der Waals surface area contributed by atoms with Crippen molar-refractivity contribution in [2.75, 3.05) is 20.1 Å². The Morgan fingerprint density at radius 1 is 1.03 bits per heavy atom. The molecular weight excluding hydrogens is 364 g/mol. The van der Waals surface area contributed by atoms with Crippen LogP contribution < -0.4 is 14.8 Å². The fourth-order valence-electron chi connectivity index (χ4n) is 3.50. The first-order chi connectivity index (χ1) is 14.0. The molecule has 1 saturated heterocycles. The molecule has 1 amide bonds. The van der Waals surface area contributed by atoms with Crippen LogP contribution in [0.25, 0.3) is 0 Å². The van der Waals surface area contributed by atoms with Gasteiger partial charge in [-0.2, -0.15) is 0 Å². The predicted octanol–water partition coefficient (Wildman–Crippen LogP) is 4.01. The van der Waals surface area contributed by atoms with Crippen LogP contribution in [0.15, 0.2) is 48.5 Å². The molecule has 0 saturated carbocycles. The molecule has 1 fully saturated rings. The van der Waals surface area contributed by atoms with Crippen LogP contribution in [0.4, 0.5) is 0 Å². The van der Waals surface area contributed by atoms with Crippen molar-refractivity contribution in [2.45, 2.75) is 45.9 Å². The second-order valence-corrected chi connectivity index (χ2v) is 8.02. The molecule has 0 unspecified atom stereocenters. The number of benzene rings is 2. The average molecular weight is 397 g/mol. The molecule has 1 N–H and O–H groups in total. The minimum absolute atomic E-state index is 0.138. The molecule has 5 heteroatoms. The summed E-state index contributed by atoms with van der Waals surface area (Å²) in [7, 11) is 1.70. The maximum Gasteiger partial charge on any atom is 0.219 e. The van der Waals surface area contributed by atoms with E-state index in [4.69, 9.17) is 9.47 Å². The number of hydrogen-bond donors (Lipinski definition) is 1. The second kappa shape index (κ2) is 10.3. The molecule has 29 heavy (non-hydrogen) atoms. The number of hydrogen-bond acceptors (Lipinski definition) is 4. The highest BCUT2D eigenvalue weighted by molar-refractivity contribution is 5.75. The van der Waals surface area contributed by atoms with Crippen molar-refractivity contribution >= 4 is 5.91 Å². The molecule has 2 aromatic carbocycles. The van der Waals surface area contributed by atoms with Crippen LogP contribution in [0.1, 0.15) is 37.8 Å². The quantitative estimate of drug-likeness (QED) is 0.659. The molecule has 2 aromatic rings. The van der Waals surface area contributed by atoms with Gasteiger partial charge in [0.1, 0.15) is 18.1 Å². The van der Waals surface area contributed by atoms with Gasteiger partial charge in [-0.1, -0.05) is 24.3 Å². The third-order valence-corrected chi connectivity index (χ3v) is 5.12. The molecule has 1 aliphatic heterocycles. The zero-order chi connectivity index (χ0) is 20.6. The number of carbonyl (C=O) groups is 1. The van der Waals surface area contributed by atoms with Gasteiger partial charge in [-0.05, 0) is 61.6 Å². The van der Waals surface area contributed by atoms with Crippen molar-refractivity contribution in [3.8, 4) is 11.5 Å². The van der Waals surface area contributed by atoms with E-state index < -0.39 is 0 Å². The van der Waals surface area contributed by atoms with Gasteiger partial charge in [0.2, 0.25) is 5.91 Å². The van der Waals surface area contributed by atoms with Gasteiger partial charge in [-0.25, -0.2) is 0 Å². The van der Waals surface area contributed by atoms with E-state index in [1.807, 2.05) is 50.2 Å². The van der Waals surface area contributed by atoms with E-state index in [-0.39, 0.29) is 12.0 Å². The zero-order valence-electron chi connectivity index (χ0n) is 17.7. The van der Waals surface area contributed by atoms with Gasteiger partial charge in [0.05, 0.1) is 6.10 Å². The Morgan fingerprint density at radius 3 is 2.28 bits per heavy atom. The normalized spacial score (nSPS) is 14.5. The monoisotopic (exact) mass is 396 g/mol. The SMILES string of the molecule is CNC(=O)CCC1CN(Cc2ccc(OCc3ccc(OC(C)C)cc3)cc2)C1. The molecule has 0 aromatic heterocycles. The first-order valence-corrected chi connectivity index (χ1v) is 10.4. The van der Waals surface area contributed by atoms with Crippen molar-refractivity contribution in [2.24, 2.45) is 5.92 Å². The molecule has 0 spiro atoms. The molecule has 156 valence electrons. The summed E-state index contributed by atoms with van der Waals surface area (Å²) in [6.45, 7) is 7.69.